The SMILES string of the molecule is CC(C)CC(=O)NC(=O)[C@@H]1CCCN1. The summed E-state index contributed by atoms with van der Waals surface area (Å²) in [5, 5.41) is 5.46. The van der Waals surface area contributed by atoms with Crippen molar-refractivity contribution in [1.82, 2.24) is 10.6 Å². The van der Waals surface area contributed by atoms with Crippen molar-refractivity contribution in [3.63, 3.8) is 0 Å². The van der Waals surface area contributed by atoms with Gasteiger partial charge in [-0.15, -0.1) is 0 Å². The highest BCUT2D eigenvalue weighted by Gasteiger charge is 2.23. The number of carbonyl (C=O) groups is 2. The third-order valence-corrected chi connectivity index (χ3v) is 2.23. The molecule has 2 amide bonds. The lowest BCUT2D eigenvalue weighted by Crippen LogP contribution is -2.43. The first-order chi connectivity index (χ1) is 6.59. The number of imide groups is 1. The normalized spacial score (nSPS) is 21.2. The first-order valence-electron chi connectivity index (χ1n) is 5.16. The van der Waals surface area contributed by atoms with E-state index in [0.29, 0.717) is 12.3 Å². The Morgan fingerprint density at radius 2 is 2.21 bits per heavy atom. The molecule has 1 saturated heterocycles. The van der Waals surface area contributed by atoms with Crippen LogP contribution in [0.4, 0.5) is 0 Å². The molecule has 4 heteroatoms. The van der Waals surface area contributed by atoms with Crippen molar-refractivity contribution < 1.29 is 9.59 Å². The summed E-state index contributed by atoms with van der Waals surface area (Å²) in [6.45, 7) is 4.78. The van der Waals surface area contributed by atoms with E-state index in [1.54, 1.807) is 0 Å². The van der Waals surface area contributed by atoms with E-state index in [2.05, 4.69) is 10.6 Å². The fraction of sp³-hybridized carbons (Fsp3) is 0.800. The molecule has 0 bridgehead atoms. The molecule has 0 aromatic heterocycles. The summed E-state index contributed by atoms with van der Waals surface area (Å²) in [5.74, 6) is -0.0498. The molecule has 4 nitrogen and oxygen atoms in total. The summed E-state index contributed by atoms with van der Waals surface area (Å²) < 4.78 is 0. The lowest BCUT2D eigenvalue weighted by molar-refractivity contribution is -0.131. The number of hydrogen-bond donors (Lipinski definition) is 2. The summed E-state index contributed by atoms with van der Waals surface area (Å²) in [7, 11) is 0. The van der Waals surface area contributed by atoms with Gasteiger partial charge in [-0.3, -0.25) is 14.9 Å². The Balaban J connectivity index is 2.28. The van der Waals surface area contributed by atoms with E-state index in [-0.39, 0.29) is 17.9 Å². The van der Waals surface area contributed by atoms with Gasteiger partial charge in [-0.25, -0.2) is 0 Å². The van der Waals surface area contributed by atoms with Gasteiger partial charge in [-0.05, 0) is 25.3 Å². The van der Waals surface area contributed by atoms with E-state index in [1.165, 1.54) is 0 Å². The van der Waals surface area contributed by atoms with Crippen LogP contribution in [0.2, 0.25) is 0 Å². The first-order valence-corrected chi connectivity index (χ1v) is 5.16. The van der Waals surface area contributed by atoms with Crippen LogP contribution in [0.3, 0.4) is 0 Å². The van der Waals surface area contributed by atoms with Gasteiger partial charge >= 0.3 is 0 Å². The van der Waals surface area contributed by atoms with Crippen molar-refractivity contribution in [3.05, 3.63) is 0 Å². The van der Waals surface area contributed by atoms with Crippen LogP contribution in [-0.2, 0) is 9.59 Å². The molecule has 0 aliphatic carbocycles. The lowest BCUT2D eigenvalue weighted by Gasteiger charge is -2.10. The second-order valence-electron chi connectivity index (χ2n) is 4.16. The van der Waals surface area contributed by atoms with Crippen molar-refractivity contribution in [3.8, 4) is 0 Å². The summed E-state index contributed by atoms with van der Waals surface area (Å²) in [6.07, 6.45) is 2.26. The Bertz CT molecular complexity index is 220. The Morgan fingerprint density at radius 3 is 2.71 bits per heavy atom. The van der Waals surface area contributed by atoms with Crippen LogP contribution >= 0.6 is 0 Å². The Morgan fingerprint density at radius 1 is 1.50 bits per heavy atom. The molecule has 1 fully saturated rings. The van der Waals surface area contributed by atoms with E-state index in [9.17, 15) is 9.59 Å². The van der Waals surface area contributed by atoms with Gasteiger partial charge in [0, 0.05) is 6.42 Å². The third kappa shape index (κ3) is 3.46. The maximum Gasteiger partial charge on any atom is 0.243 e. The van der Waals surface area contributed by atoms with E-state index >= 15 is 0 Å². The van der Waals surface area contributed by atoms with Crippen LogP contribution in [0.25, 0.3) is 0 Å². The zero-order chi connectivity index (χ0) is 10.6. The topological polar surface area (TPSA) is 58.2 Å². The van der Waals surface area contributed by atoms with Gasteiger partial charge in [0.05, 0.1) is 6.04 Å². The summed E-state index contributed by atoms with van der Waals surface area (Å²) in [5.41, 5.74) is 0. The molecule has 1 aliphatic heterocycles. The van der Waals surface area contributed by atoms with Gasteiger partial charge < -0.3 is 5.32 Å². The van der Waals surface area contributed by atoms with Crippen LogP contribution < -0.4 is 10.6 Å². The lowest BCUT2D eigenvalue weighted by atomic mass is 10.1. The molecule has 1 rings (SSSR count). The van der Waals surface area contributed by atoms with Crippen LogP contribution in [0.5, 0.6) is 0 Å². The molecule has 0 unspecified atom stereocenters. The number of carbonyl (C=O) groups excluding carboxylic acids is 2. The molecule has 0 aromatic rings. The van der Waals surface area contributed by atoms with Crippen LogP contribution in [-0.4, -0.2) is 24.4 Å². The second kappa shape index (κ2) is 5.10. The average Bonchev–Trinajstić information content (AvgIpc) is 2.53. The monoisotopic (exact) mass is 198 g/mol. The summed E-state index contributed by atoms with van der Waals surface area (Å²) in [4.78, 5) is 22.7. The van der Waals surface area contributed by atoms with Crippen molar-refractivity contribution in [1.29, 1.82) is 0 Å². The fourth-order valence-electron chi connectivity index (χ4n) is 1.55. The third-order valence-electron chi connectivity index (χ3n) is 2.23. The van der Waals surface area contributed by atoms with Crippen LogP contribution in [0.15, 0.2) is 0 Å². The molecule has 2 N–H and O–H groups in total. The molecule has 0 spiro atoms. The van der Waals surface area contributed by atoms with Gasteiger partial charge in [0.25, 0.3) is 0 Å². The fourth-order valence-corrected chi connectivity index (χ4v) is 1.55. The summed E-state index contributed by atoms with van der Waals surface area (Å²) >= 11 is 0. The highest BCUT2D eigenvalue weighted by Crippen LogP contribution is 2.05. The quantitative estimate of drug-likeness (QED) is 0.691. The summed E-state index contributed by atoms with van der Waals surface area (Å²) in [6, 6.07) is -0.161. The van der Waals surface area contributed by atoms with Gasteiger partial charge in [0.2, 0.25) is 11.8 Å². The molecule has 1 aliphatic rings. The predicted octanol–water partition coefficient (Wildman–Crippen LogP) is 0.427. The van der Waals surface area contributed by atoms with Crippen molar-refractivity contribution in [2.45, 2.75) is 39.2 Å². The molecular formula is C10H18N2O2. The van der Waals surface area contributed by atoms with Crippen LogP contribution in [0.1, 0.15) is 33.1 Å². The highest BCUT2D eigenvalue weighted by molar-refractivity contribution is 5.97. The number of hydrogen-bond acceptors (Lipinski definition) is 3. The van der Waals surface area contributed by atoms with E-state index < -0.39 is 0 Å². The zero-order valence-corrected chi connectivity index (χ0v) is 8.80. The maximum atomic E-state index is 11.4. The smallest absolute Gasteiger partial charge is 0.243 e. The number of amides is 2. The molecule has 1 atom stereocenters. The largest absolute Gasteiger partial charge is 0.306 e. The highest BCUT2D eigenvalue weighted by atomic mass is 16.2. The molecule has 14 heavy (non-hydrogen) atoms. The van der Waals surface area contributed by atoms with Crippen molar-refractivity contribution >= 4 is 11.8 Å². The minimum absolute atomic E-state index is 0.161. The number of rotatable bonds is 3. The minimum Gasteiger partial charge on any atom is -0.306 e. The minimum atomic E-state index is -0.173. The van der Waals surface area contributed by atoms with E-state index in [4.69, 9.17) is 0 Å². The molecule has 1 heterocycles. The Hall–Kier alpha value is -0.900. The van der Waals surface area contributed by atoms with Crippen molar-refractivity contribution in [2.75, 3.05) is 6.54 Å². The average molecular weight is 198 g/mol. The van der Waals surface area contributed by atoms with Gasteiger partial charge in [0.1, 0.15) is 0 Å². The Labute approximate surface area is 84.4 Å². The second-order valence-corrected chi connectivity index (χ2v) is 4.16. The van der Waals surface area contributed by atoms with Gasteiger partial charge in [-0.1, -0.05) is 13.8 Å². The molecule has 0 saturated carbocycles. The van der Waals surface area contributed by atoms with E-state index in [0.717, 1.165) is 19.4 Å². The van der Waals surface area contributed by atoms with E-state index in [1.807, 2.05) is 13.8 Å². The molecule has 80 valence electrons. The maximum absolute atomic E-state index is 11.4. The Kier molecular flexibility index (Phi) is 4.07. The molecular weight excluding hydrogens is 180 g/mol. The zero-order valence-electron chi connectivity index (χ0n) is 8.80. The van der Waals surface area contributed by atoms with Gasteiger partial charge in [0.15, 0.2) is 0 Å². The van der Waals surface area contributed by atoms with Crippen LogP contribution in [0, 0.1) is 5.92 Å². The number of nitrogens with one attached hydrogen (secondary N) is 2. The standard InChI is InChI=1S/C10H18N2O2/c1-7(2)6-9(13)12-10(14)8-4-3-5-11-8/h7-8,11H,3-6H2,1-2H3,(H,12,13,14)/t8-/m0/s1. The molecule has 0 radical (unpaired) electrons. The predicted molar refractivity (Wildman–Crippen MR) is 53.6 cm³/mol. The first kappa shape index (κ1) is 11.2. The van der Waals surface area contributed by atoms with Crippen molar-refractivity contribution in [2.24, 2.45) is 5.92 Å². The van der Waals surface area contributed by atoms with Gasteiger partial charge in [-0.2, -0.15) is 0 Å². The molecule has 0 aromatic carbocycles.